The fourth-order valence-electron chi connectivity index (χ4n) is 1.24. The number of hydrogen-bond donors (Lipinski definition) is 3. The van der Waals surface area contributed by atoms with E-state index in [1.54, 1.807) is 6.07 Å². The van der Waals surface area contributed by atoms with Crippen LogP contribution >= 0.6 is 23.2 Å². The van der Waals surface area contributed by atoms with Crippen LogP contribution < -0.4 is 10.6 Å². The Labute approximate surface area is 111 Å². The van der Waals surface area contributed by atoms with Gasteiger partial charge in [-0.1, -0.05) is 30.1 Å². The largest absolute Gasteiger partial charge is 0.391 e. The molecule has 0 radical (unpaired) electrons. The van der Waals surface area contributed by atoms with Crippen LogP contribution in [0.1, 0.15) is 20.3 Å². The highest BCUT2D eigenvalue weighted by Crippen LogP contribution is 2.29. The molecular weight excluding hydrogens is 261 g/mol. The number of pyridine rings is 1. The maximum Gasteiger partial charge on any atom is 0.147 e. The van der Waals surface area contributed by atoms with Gasteiger partial charge in [0.2, 0.25) is 0 Å². The predicted molar refractivity (Wildman–Crippen MR) is 73.2 cm³/mol. The Bertz CT molecular complexity index is 374. The van der Waals surface area contributed by atoms with E-state index in [2.05, 4.69) is 15.6 Å². The molecule has 1 unspecified atom stereocenters. The molecule has 1 aromatic heterocycles. The lowest BCUT2D eigenvalue weighted by atomic mass is 10.3. The number of rotatable bonds is 6. The van der Waals surface area contributed by atoms with E-state index in [-0.39, 0.29) is 0 Å². The number of aliphatic hydroxyl groups excluding tert-OH is 1. The molecule has 0 aliphatic carbocycles. The molecule has 1 heterocycles. The molecule has 0 fully saturated rings. The third kappa shape index (κ3) is 4.22. The third-order valence-electron chi connectivity index (χ3n) is 2.25. The fraction of sp³-hybridized carbons (Fsp3) is 0.545. The zero-order valence-corrected chi connectivity index (χ0v) is 11.4. The first-order valence-electron chi connectivity index (χ1n) is 5.60. The first-order valence-corrected chi connectivity index (χ1v) is 6.35. The van der Waals surface area contributed by atoms with Crippen LogP contribution in [0.25, 0.3) is 0 Å². The minimum atomic E-state index is -0.411. The van der Waals surface area contributed by atoms with E-state index in [1.807, 2.05) is 13.8 Å². The molecule has 0 bridgehead atoms. The van der Waals surface area contributed by atoms with Gasteiger partial charge in [-0.05, 0) is 19.4 Å². The van der Waals surface area contributed by atoms with E-state index < -0.39 is 6.10 Å². The van der Waals surface area contributed by atoms with Gasteiger partial charge in [-0.15, -0.1) is 0 Å². The summed E-state index contributed by atoms with van der Waals surface area (Å²) < 4.78 is 0. The summed E-state index contributed by atoms with van der Waals surface area (Å²) in [5.74, 6) is 1.12. The van der Waals surface area contributed by atoms with Gasteiger partial charge >= 0.3 is 0 Å². The normalized spacial score (nSPS) is 12.3. The minimum Gasteiger partial charge on any atom is -0.391 e. The Kier molecular flexibility index (Phi) is 5.82. The molecule has 0 aliphatic rings. The van der Waals surface area contributed by atoms with E-state index in [0.717, 1.165) is 6.54 Å². The first kappa shape index (κ1) is 14.4. The van der Waals surface area contributed by atoms with Crippen LogP contribution in [-0.2, 0) is 0 Å². The second-order valence-corrected chi connectivity index (χ2v) is 4.44. The maximum atomic E-state index is 9.46. The minimum absolute atomic E-state index is 0.411. The summed E-state index contributed by atoms with van der Waals surface area (Å²) in [6, 6.07) is 1.63. The molecule has 3 N–H and O–H groups in total. The van der Waals surface area contributed by atoms with Crippen molar-refractivity contribution in [3.63, 3.8) is 0 Å². The molecule has 4 nitrogen and oxygen atoms in total. The highest BCUT2D eigenvalue weighted by Gasteiger charge is 2.09. The van der Waals surface area contributed by atoms with Crippen molar-refractivity contribution in [2.75, 3.05) is 23.7 Å². The van der Waals surface area contributed by atoms with Crippen LogP contribution in [0, 0.1) is 0 Å². The van der Waals surface area contributed by atoms with Crippen LogP contribution in [0.3, 0.4) is 0 Å². The third-order valence-corrected chi connectivity index (χ3v) is 2.83. The summed E-state index contributed by atoms with van der Waals surface area (Å²) in [4.78, 5) is 4.27. The van der Waals surface area contributed by atoms with E-state index in [1.165, 1.54) is 0 Å². The molecule has 0 saturated carbocycles. The number of nitrogens with one attached hydrogen (secondary N) is 2. The van der Waals surface area contributed by atoms with Crippen molar-refractivity contribution in [3.05, 3.63) is 16.1 Å². The Morgan fingerprint density at radius 3 is 2.35 bits per heavy atom. The molecule has 0 aromatic carbocycles. The van der Waals surface area contributed by atoms with Gasteiger partial charge in [0, 0.05) is 13.1 Å². The summed E-state index contributed by atoms with van der Waals surface area (Å²) in [7, 11) is 0. The molecule has 0 spiro atoms. The topological polar surface area (TPSA) is 57.2 Å². The molecule has 96 valence electrons. The number of aromatic nitrogens is 1. The van der Waals surface area contributed by atoms with Gasteiger partial charge in [0.05, 0.1) is 16.1 Å². The highest BCUT2D eigenvalue weighted by molar-refractivity contribution is 6.37. The lowest BCUT2D eigenvalue weighted by Crippen LogP contribution is -2.19. The van der Waals surface area contributed by atoms with Crippen molar-refractivity contribution < 1.29 is 5.11 Å². The second kappa shape index (κ2) is 6.89. The smallest absolute Gasteiger partial charge is 0.147 e. The van der Waals surface area contributed by atoms with Crippen LogP contribution in [0.15, 0.2) is 6.07 Å². The number of halogens is 2. The Morgan fingerprint density at radius 2 is 1.82 bits per heavy atom. The zero-order valence-electron chi connectivity index (χ0n) is 9.93. The molecule has 1 atom stereocenters. The first-order chi connectivity index (χ1) is 8.08. The monoisotopic (exact) mass is 277 g/mol. The van der Waals surface area contributed by atoms with Crippen molar-refractivity contribution in [1.82, 2.24) is 4.98 Å². The molecule has 0 amide bonds. The van der Waals surface area contributed by atoms with Crippen molar-refractivity contribution in [3.8, 4) is 0 Å². The second-order valence-electron chi connectivity index (χ2n) is 3.62. The van der Waals surface area contributed by atoms with Crippen LogP contribution in [0.4, 0.5) is 11.6 Å². The SMILES string of the molecule is CCNc1nc(NCC(O)CC)c(Cl)cc1Cl. The zero-order chi connectivity index (χ0) is 12.8. The highest BCUT2D eigenvalue weighted by atomic mass is 35.5. The molecule has 17 heavy (non-hydrogen) atoms. The van der Waals surface area contributed by atoms with Gasteiger partial charge in [0.15, 0.2) is 0 Å². The van der Waals surface area contributed by atoms with Gasteiger partial charge < -0.3 is 15.7 Å². The van der Waals surface area contributed by atoms with Gasteiger partial charge in [0.25, 0.3) is 0 Å². The predicted octanol–water partition coefficient (Wildman–Crippen LogP) is 3.00. The molecule has 0 saturated heterocycles. The number of anilines is 2. The lowest BCUT2D eigenvalue weighted by Gasteiger charge is -2.13. The standard InChI is InChI=1S/C11H17Cl2N3O/c1-3-7(17)6-15-11-9(13)5-8(12)10(16-11)14-4-2/h5,7,17H,3-4,6H2,1-2H3,(H2,14,15,16). The summed E-state index contributed by atoms with van der Waals surface area (Å²) >= 11 is 12.0. The Hall–Kier alpha value is -0.710. The van der Waals surface area contributed by atoms with Crippen molar-refractivity contribution in [2.45, 2.75) is 26.4 Å². The van der Waals surface area contributed by atoms with Crippen molar-refractivity contribution in [2.24, 2.45) is 0 Å². The van der Waals surface area contributed by atoms with Crippen LogP contribution in [0.5, 0.6) is 0 Å². The Balaban J connectivity index is 2.80. The van der Waals surface area contributed by atoms with Crippen molar-refractivity contribution in [1.29, 1.82) is 0 Å². The average molecular weight is 278 g/mol. The summed E-state index contributed by atoms with van der Waals surface area (Å²) in [5, 5.41) is 16.4. The quantitative estimate of drug-likeness (QED) is 0.748. The van der Waals surface area contributed by atoms with Gasteiger partial charge in [-0.25, -0.2) is 4.98 Å². The Morgan fingerprint density at radius 1 is 1.24 bits per heavy atom. The summed E-state index contributed by atoms with van der Waals surface area (Å²) in [5.41, 5.74) is 0. The number of nitrogens with zero attached hydrogens (tertiary/aromatic N) is 1. The van der Waals surface area contributed by atoms with E-state index in [9.17, 15) is 5.11 Å². The molecule has 1 aromatic rings. The van der Waals surface area contributed by atoms with E-state index in [4.69, 9.17) is 23.2 Å². The lowest BCUT2D eigenvalue weighted by molar-refractivity contribution is 0.183. The summed E-state index contributed by atoms with van der Waals surface area (Å²) in [6.45, 7) is 5.01. The van der Waals surface area contributed by atoms with Crippen molar-refractivity contribution >= 4 is 34.8 Å². The fourth-order valence-corrected chi connectivity index (χ4v) is 1.73. The van der Waals surface area contributed by atoms with Gasteiger partial charge in [-0.3, -0.25) is 0 Å². The molecular formula is C11H17Cl2N3O. The van der Waals surface area contributed by atoms with Gasteiger partial charge in [-0.2, -0.15) is 0 Å². The average Bonchev–Trinajstić information content (AvgIpc) is 2.30. The number of hydrogen-bond acceptors (Lipinski definition) is 4. The molecule has 0 aliphatic heterocycles. The van der Waals surface area contributed by atoms with Crippen LogP contribution in [-0.4, -0.2) is 29.3 Å². The van der Waals surface area contributed by atoms with E-state index in [0.29, 0.717) is 34.6 Å². The summed E-state index contributed by atoms with van der Waals surface area (Å²) in [6.07, 6.45) is 0.268. The molecule has 6 heteroatoms. The maximum absolute atomic E-state index is 9.46. The van der Waals surface area contributed by atoms with E-state index >= 15 is 0 Å². The van der Waals surface area contributed by atoms with Gasteiger partial charge in [0.1, 0.15) is 11.6 Å². The molecule has 1 rings (SSSR count). The van der Waals surface area contributed by atoms with Crippen LogP contribution in [0.2, 0.25) is 10.0 Å². The number of aliphatic hydroxyl groups is 1.